The molecular weight excluding hydrogens is 274 g/mol. The fourth-order valence-corrected chi connectivity index (χ4v) is 4.19. The minimum Gasteiger partial charge on any atom is -0.497 e. The first-order valence-corrected chi connectivity index (χ1v) is 8.14. The maximum Gasteiger partial charge on any atom is 0.222 e. The lowest BCUT2D eigenvalue weighted by atomic mass is 9.96. The summed E-state index contributed by atoms with van der Waals surface area (Å²) < 4.78 is 33.0. The number of hydrogen-bond donors (Lipinski definition) is 1. The monoisotopic (exact) mass is 295 g/mol. The van der Waals surface area contributed by atoms with Crippen LogP contribution in [0.1, 0.15) is 37.1 Å². The predicted octanol–water partition coefficient (Wildman–Crippen LogP) is 2.57. The molecule has 1 atom stereocenters. The van der Waals surface area contributed by atoms with Crippen molar-refractivity contribution >= 4 is 10.0 Å². The van der Waals surface area contributed by atoms with Crippen LogP contribution in [0.4, 0.5) is 0 Å². The standard InChI is InChI=1S/C15H21NO3S/c1-15(2,3)16-20(17,18)14-7-5-6-11-8-9-12(19-4)10-13(11)14/h5,7-10,14,16H,6H2,1-4H3. The second-order valence-corrected chi connectivity index (χ2v) is 7.82. The molecule has 0 saturated heterocycles. The van der Waals surface area contributed by atoms with E-state index in [9.17, 15) is 8.42 Å². The highest BCUT2D eigenvalue weighted by atomic mass is 32.2. The second-order valence-electron chi connectivity index (χ2n) is 6.01. The quantitative estimate of drug-likeness (QED) is 0.872. The minimum atomic E-state index is -3.47. The first-order valence-electron chi connectivity index (χ1n) is 6.59. The van der Waals surface area contributed by atoms with Crippen molar-refractivity contribution in [2.45, 2.75) is 38.0 Å². The highest BCUT2D eigenvalue weighted by molar-refractivity contribution is 7.89. The molecule has 1 aromatic rings. The molecule has 110 valence electrons. The van der Waals surface area contributed by atoms with Gasteiger partial charge in [0.2, 0.25) is 10.0 Å². The smallest absolute Gasteiger partial charge is 0.222 e. The van der Waals surface area contributed by atoms with Crippen molar-refractivity contribution in [1.82, 2.24) is 4.72 Å². The van der Waals surface area contributed by atoms with Crippen LogP contribution < -0.4 is 9.46 Å². The van der Waals surface area contributed by atoms with Gasteiger partial charge in [0.05, 0.1) is 7.11 Å². The second kappa shape index (κ2) is 5.22. The number of benzene rings is 1. The molecule has 0 spiro atoms. The zero-order chi connectivity index (χ0) is 15.0. The molecule has 1 aromatic carbocycles. The Morgan fingerprint density at radius 2 is 2.00 bits per heavy atom. The van der Waals surface area contributed by atoms with E-state index in [0.717, 1.165) is 17.5 Å². The van der Waals surface area contributed by atoms with E-state index in [1.165, 1.54) is 0 Å². The van der Waals surface area contributed by atoms with E-state index in [0.29, 0.717) is 5.75 Å². The number of hydrogen-bond acceptors (Lipinski definition) is 3. The van der Waals surface area contributed by atoms with Crippen molar-refractivity contribution in [3.8, 4) is 5.75 Å². The number of sulfonamides is 1. The molecule has 4 nitrogen and oxygen atoms in total. The SMILES string of the molecule is COc1ccc2c(c1)C(S(=O)(=O)NC(C)(C)C)C=CC2. The van der Waals surface area contributed by atoms with Gasteiger partial charge in [0.15, 0.2) is 0 Å². The molecule has 0 fully saturated rings. The molecule has 20 heavy (non-hydrogen) atoms. The first kappa shape index (κ1) is 15.1. The fraction of sp³-hybridized carbons (Fsp3) is 0.467. The van der Waals surface area contributed by atoms with Gasteiger partial charge in [-0.2, -0.15) is 0 Å². The van der Waals surface area contributed by atoms with Crippen LogP contribution >= 0.6 is 0 Å². The Hall–Kier alpha value is -1.33. The molecule has 0 heterocycles. The Kier molecular flexibility index (Phi) is 3.93. The molecule has 0 bridgehead atoms. The number of nitrogens with one attached hydrogen (secondary N) is 1. The summed E-state index contributed by atoms with van der Waals surface area (Å²) in [4.78, 5) is 0. The van der Waals surface area contributed by atoms with Crippen LogP contribution in [0.15, 0.2) is 30.4 Å². The average molecular weight is 295 g/mol. The van der Waals surface area contributed by atoms with E-state index in [1.807, 2.05) is 45.0 Å². The van der Waals surface area contributed by atoms with Crippen LogP contribution in [0, 0.1) is 0 Å². The van der Waals surface area contributed by atoms with Crippen molar-refractivity contribution < 1.29 is 13.2 Å². The van der Waals surface area contributed by atoms with Crippen LogP contribution in [0.25, 0.3) is 0 Å². The molecule has 0 saturated carbocycles. The van der Waals surface area contributed by atoms with Crippen LogP contribution in [-0.2, 0) is 16.4 Å². The maximum absolute atomic E-state index is 12.6. The number of fused-ring (bicyclic) bond motifs is 1. The lowest BCUT2D eigenvalue weighted by molar-refractivity contribution is 0.414. The topological polar surface area (TPSA) is 55.4 Å². The molecule has 0 aliphatic heterocycles. The van der Waals surface area contributed by atoms with Gasteiger partial charge in [-0.25, -0.2) is 13.1 Å². The van der Waals surface area contributed by atoms with Crippen LogP contribution in [-0.4, -0.2) is 21.1 Å². The first-order chi connectivity index (χ1) is 9.23. The molecular formula is C15H21NO3S. The highest BCUT2D eigenvalue weighted by Crippen LogP contribution is 2.34. The summed E-state index contributed by atoms with van der Waals surface area (Å²) in [6, 6.07) is 5.60. The normalized spacial score (nSPS) is 18.7. The highest BCUT2D eigenvalue weighted by Gasteiger charge is 2.32. The Morgan fingerprint density at radius 1 is 1.30 bits per heavy atom. The molecule has 0 radical (unpaired) electrons. The van der Waals surface area contributed by atoms with Crippen molar-refractivity contribution in [2.24, 2.45) is 0 Å². The third-order valence-corrected chi connectivity index (χ3v) is 5.07. The van der Waals surface area contributed by atoms with Crippen LogP contribution in [0.5, 0.6) is 5.75 Å². The van der Waals surface area contributed by atoms with Crippen molar-refractivity contribution in [1.29, 1.82) is 0 Å². The Morgan fingerprint density at radius 3 is 2.60 bits per heavy atom. The lowest BCUT2D eigenvalue weighted by Crippen LogP contribution is -2.42. The lowest BCUT2D eigenvalue weighted by Gasteiger charge is -2.27. The molecule has 0 amide bonds. The summed E-state index contributed by atoms with van der Waals surface area (Å²) in [5.74, 6) is 0.676. The Balaban J connectivity index is 2.44. The number of ether oxygens (including phenoxy) is 1. The maximum atomic E-state index is 12.6. The largest absolute Gasteiger partial charge is 0.497 e. The Bertz CT molecular complexity index is 627. The summed E-state index contributed by atoms with van der Waals surface area (Å²) in [7, 11) is -1.89. The van der Waals surface area contributed by atoms with Gasteiger partial charge >= 0.3 is 0 Å². The number of rotatable bonds is 3. The van der Waals surface area contributed by atoms with E-state index in [2.05, 4.69) is 4.72 Å². The summed E-state index contributed by atoms with van der Waals surface area (Å²) in [6.45, 7) is 5.51. The van der Waals surface area contributed by atoms with Gasteiger partial charge in [-0.05, 0) is 50.5 Å². The molecule has 1 N–H and O–H groups in total. The van der Waals surface area contributed by atoms with Gasteiger partial charge < -0.3 is 4.74 Å². The average Bonchev–Trinajstić information content (AvgIpc) is 2.34. The van der Waals surface area contributed by atoms with Crippen molar-refractivity contribution in [3.05, 3.63) is 41.5 Å². The van der Waals surface area contributed by atoms with Gasteiger partial charge in [0.1, 0.15) is 11.0 Å². The third-order valence-electron chi connectivity index (χ3n) is 3.09. The van der Waals surface area contributed by atoms with E-state index >= 15 is 0 Å². The molecule has 1 aliphatic carbocycles. The van der Waals surface area contributed by atoms with Crippen LogP contribution in [0.3, 0.4) is 0 Å². The third kappa shape index (κ3) is 3.22. The van der Waals surface area contributed by atoms with Gasteiger partial charge in [-0.3, -0.25) is 0 Å². The summed E-state index contributed by atoms with van der Waals surface area (Å²) in [5.41, 5.74) is 1.32. The van der Waals surface area contributed by atoms with Gasteiger partial charge in [-0.15, -0.1) is 0 Å². The number of allylic oxidation sites excluding steroid dienone is 1. The molecule has 1 unspecified atom stereocenters. The van der Waals surface area contributed by atoms with Crippen molar-refractivity contribution in [3.63, 3.8) is 0 Å². The van der Waals surface area contributed by atoms with Crippen molar-refractivity contribution in [2.75, 3.05) is 7.11 Å². The minimum absolute atomic E-state index is 0.497. The van der Waals surface area contributed by atoms with E-state index in [-0.39, 0.29) is 0 Å². The molecule has 1 aliphatic rings. The zero-order valence-corrected chi connectivity index (χ0v) is 13.1. The fourth-order valence-electron chi connectivity index (χ4n) is 2.33. The van der Waals surface area contributed by atoms with Crippen LogP contribution in [0.2, 0.25) is 0 Å². The Labute approximate surface area is 120 Å². The molecule has 5 heteroatoms. The number of methoxy groups -OCH3 is 1. The van der Waals surface area contributed by atoms with Gasteiger partial charge in [-0.1, -0.05) is 18.2 Å². The predicted molar refractivity (Wildman–Crippen MR) is 80.4 cm³/mol. The summed E-state index contributed by atoms with van der Waals surface area (Å²) in [5, 5.41) is -0.666. The van der Waals surface area contributed by atoms with Gasteiger partial charge in [0, 0.05) is 5.54 Å². The zero-order valence-electron chi connectivity index (χ0n) is 12.3. The molecule has 2 rings (SSSR count). The summed E-state index contributed by atoms with van der Waals surface area (Å²) >= 11 is 0. The van der Waals surface area contributed by atoms with E-state index < -0.39 is 20.8 Å². The van der Waals surface area contributed by atoms with Gasteiger partial charge in [0.25, 0.3) is 0 Å². The van der Waals surface area contributed by atoms with E-state index in [1.54, 1.807) is 13.2 Å². The molecule has 0 aromatic heterocycles. The van der Waals surface area contributed by atoms with E-state index in [4.69, 9.17) is 4.74 Å². The summed E-state index contributed by atoms with van der Waals surface area (Å²) in [6.07, 6.45) is 4.40.